The molecule has 27 heavy (non-hydrogen) atoms. The number of hydrogen-bond donors (Lipinski definition) is 1. The zero-order valence-electron chi connectivity index (χ0n) is 14.9. The Hall–Kier alpha value is -2.77. The molecule has 0 spiro atoms. The van der Waals surface area contributed by atoms with E-state index in [0.717, 1.165) is 19.5 Å². The molecule has 2 fully saturated rings. The van der Waals surface area contributed by atoms with Crippen molar-refractivity contribution >= 4 is 11.7 Å². The molecule has 3 aromatic rings. The topological polar surface area (TPSA) is 71.8 Å². The standard InChI is InChI=1S/C20H21N5O2/c26-19(17-11-24-8-4-7-21-20(24)23-17)22-15-9-16-13-27-18(12-25(16)10-15)14-5-2-1-3-6-14/h1-8,11,15-16,18H,9-10,12-13H2,(H,22,26)/t15-,16+,18-/m1/s1. The first-order valence-corrected chi connectivity index (χ1v) is 9.27. The first kappa shape index (κ1) is 16.4. The van der Waals surface area contributed by atoms with Crippen LogP contribution in [0.2, 0.25) is 0 Å². The molecule has 2 saturated heterocycles. The lowest BCUT2D eigenvalue weighted by Crippen LogP contribution is -2.43. The van der Waals surface area contributed by atoms with E-state index in [1.165, 1.54) is 5.56 Å². The van der Waals surface area contributed by atoms with Crippen LogP contribution in [-0.2, 0) is 4.74 Å². The highest BCUT2D eigenvalue weighted by atomic mass is 16.5. The van der Waals surface area contributed by atoms with Crippen molar-refractivity contribution in [2.24, 2.45) is 0 Å². The fourth-order valence-corrected chi connectivity index (χ4v) is 4.05. The monoisotopic (exact) mass is 363 g/mol. The molecule has 138 valence electrons. The second-order valence-electron chi connectivity index (χ2n) is 7.20. The Morgan fingerprint density at radius 1 is 1.19 bits per heavy atom. The van der Waals surface area contributed by atoms with Gasteiger partial charge >= 0.3 is 0 Å². The number of morpholine rings is 1. The molecule has 1 aromatic carbocycles. The van der Waals surface area contributed by atoms with Gasteiger partial charge in [-0.3, -0.25) is 14.1 Å². The van der Waals surface area contributed by atoms with Crippen molar-refractivity contribution in [3.05, 3.63) is 66.2 Å². The van der Waals surface area contributed by atoms with Crippen molar-refractivity contribution < 1.29 is 9.53 Å². The van der Waals surface area contributed by atoms with Crippen LogP contribution in [0.3, 0.4) is 0 Å². The van der Waals surface area contributed by atoms with Crippen molar-refractivity contribution in [3.8, 4) is 0 Å². The summed E-state index contributed by atoms with van der Waals surface area (Å²) in [6, 6.07) is 12.6. The van der Waals surface area contributed by atoms with Crippen LogP contribution >= 0.6 is 0 Å². The largest absolute Gasteiger partial charge is 0.371 e. The summed E-state index contributed by atoms with van der Waals surface area (Å²) in [6.45, 7) is 2.40. The molecule has 2 aliphatic heterocycles. The third kappa shape index (κ3) is 3.20. The van der Waals surface area contributed by atoms with Crippen molar-refractivity contribution in [2.75, 3.05) is 19.7 Å². The quantitative estimate of drug-likeness (QED) is 0.767. The van der Waals surface area contributed by atoms with Gasteiger partial charge in [-0.2, -0.15) is 0 Å². The lowest BCUT2D eigenvalue weighted by atomic mass is 10.1. The average molecular weight is 363 g/mol. The number of imidazole rings is 1. The summed E-state index contributed by atoms with van der Waals surface area (Å²) < 4.78 is 7.83. The Morgan fingerprint density at radius 2 is 2.07 bits per heavy atom. The van der Waals surface area contributed by atoms with Crippen molar-refractivity contribution in [3.63, 3.8) is 0 Å². The number of carbonyl (C=O) groups is 1. The smallest absolute Gasteiger partial charge is 0.271 e. The second kappa shape index (κ2) is 6.75. The lowest BCUT2D eigenvalue weighted by Gasteiger charge is -2.35. The molecule has 0 aliphatic carbocycles. The first-order valence-electron chi connectivity index (χ1n) is 9.27. The summed E-state index contributed by atoms with van der Waals surface area (Å²) in [5, 5.41) is 3.13. The number of amides is 1. The SMILES string of the molecule is O=C(N[C@@H]1C[C@H]2CO[C@@H](c3ccccc3)CN2C1)c1cn2cccnc2n1. The summed E-state index contributed by atoms with van der Waals surface area (Å²) in [5.74, 6) is 0.386. The summed E-state index contributed by atoms with van der Waals surface area (Å²) in [6.07, 6.45) is 6.22. The van der Waals surface area contributed by atoms with Gasteiger partial charge in [0.05, 0.1) is 12.7 Å². The summed E-state index contributed by atoms with van der Waals surface area (Å²) in [5.41, 5.74) is 1.61. The van der Waals surface area contributed by atoms with Crippen molar-refractivity contribution in [1.82, 2.24) is 24.6 Å². The fourth-order valence-electron chi connectivity index (χ4n) is 4.05. The Bertz CT molecular complexity index is 924. The number of nitrogens with zero attached hydrogens (tertiary/aromatic N) is 4. The van der Waals surface area contributed by atoms with E-state index >= 15 is 0 Å². The van der Waals surface area contributed by atoms with E-state index < -0.39 is 0 Å². The molecule has 0 bridgehead atoms. The van der Waals surface area contributed by atoms with E-state index in [-0.39, 0.29) is 18.1 Å². The molecular weight excluding hydrogens is 342 g/mol. The Balaban J connectivity index is 1.24. The number of benzene rings is 1. The third-order valence-electron chi connectivity index (χ3n) is 5.39. The van der Waals surface area contributed by atoms with Crippen LogP contribution in [0.4, 0.5) is 0 Å². The van der Waals surface area contributed by atoms with E-state index in [0.29, 0.717) is 24.1 Å². The molecule has 7 heteroatoms. The highest BCUT2D eigenvalue weighted by Crippen LogP contribution is 2.30. The molecule has 1 amide bonds. The molecule has 0 unspecified atom stereocenters. The molecule has 0 radical (unpaired) electrons. The molecular formula is C20H21N5O2. The highest BCUT2D eigenvalue weighted by Gasteiger charge is 2.38. The Morgan fingerprint density at radius 3 is 2.93 bits per heavy atom. The maximum Gasteiger partial charge on any atom is 0.271 e. The Kier molecular flexibility index (Phi) is 4.10. The van der Waals surface area contributed by atoms with Gasteiger partial charge in [-0.1, -0.05) is 30.3 Å². The summed E-state index contributed by atoms with van der Waals surface area (Å²) in [4.78, 5) is 23.5. The van der Waals surface area contributed by atoms with Crippen LogP contribution < -0.4 is 5.32 Å². The second-order valence-corrected chi connectivity index (χ2v) is 7.20. The highest BCUT2D eigenvalue weighted by molar-refractivity contribution is 5.92. The zero-order chi connectivity index (χ0) is 18.2. The van der Waals surface area contributed by atoms with Crippen LogP contribution in [0.25, 0.3) is 5.78 Å². The van der Waals surface area contributed by atoms with Crippen LogP contribution in [-0.4, -0.2) is 57.0 Å². The van der Waals surface area contributed by atoms with Gasteiger partial charge in [-0.25, -0.2) is 9.97 Å². The molecule has 4 heterocycles. The van der Waals surface area contributed by atoms with Crippen molar-refractivity contribution in [1.29, 1.82) is 0 Å². The Labute approximate surface area is 157 Å². The minimum absolute atomic E-state index is 0.0985. The van der Waals surface area contributed by atoms with Crippen molar-refractivity contribution in [2.45, 2.75) is 24.6 Å². The molecule has 7 nitrogen and oxygen atoms in total. The maximum absolute atomic E-state index is 12.6. The van der Waals surface area contributed by atoms with Gasteiger partial charge in [0.2, 0.25) is 5.78 Å². The summed E-state index contributed by atoms with van der Waals surface area (Å²) >= 11 is 0. The maximum atomic E-state index is 12.6. The van der Waals surface area contributed by atoms with E-state index in [1.807, 2.05) is 30.5 Å². The number of aromatic nitrogens is 3. The number of hydrogen-bond acceptors (Lipinski definition) is 5. The fraction of sp³-hybridized carbons (Fsp3) is 0.350. The zero-order valence-corrected chi connectivity index (χ0v) is 14.9. The molecule has 3 atom stereocenters. The predicted octanol–water partition coefficient (Wildman–Crippen LogP) is 1.67. The van der Waals surface area contributed by atoms with Gasteiger partial charge in [-0.05, 0) is 18.1 Å². The predicted molar refractivity (Wildman–Crippen MR) is 99.4 cm³/mol. The van der Waals surface area contributed by atoms with Crippen LogP contribution in [0.1, 0.15) is 28.6 Å². The molecule has 0 saturated carbocycles. The van der Waals surface area contributed by atoms with Gasteiger partial charge in [0.1, 0.15) is 5.69 Å². The minimum atomic E-state index is -0.147. The molecule has 2 aromatic heterocycles. The number of rotatable bonds is 3. The van der Waals surface area contributed by atoms with Crippen LogP contribution in [0.5, 0.6) is 0 Å². The summed E-state index contributed by atoms with van der Waals surface area (Å²) in [7, 11) is 0. The first-order chi connectivity index (χ1) is 13.3. The number of nitrogens with one attached hydrogen (secondary N) is 1. The van der Waals surface area contributed by atoms with Crippen LogP contribution in [0.15, 0.2) is 55.0 Å². The number of fused-ring (bicyclic) bond motifs is 2. The normalized spacial score (nSPS) is 25.4. The van der Waals surface area contributed by atoms with E-state index in [9.17, 15) is 4.79 Å². The molecule has 2 aliphatic rings. The third-order valence-corrected chi connectivity index (χ3v) is 5.39. The van der Waals surface area contributed by atoms with Gasteiger partial charge in [0, 0.05) is 43.8 Å². The van der Waals surface area contributed by atoms with Gasteiger partial charge in [0.15, 0.2) is 0 Å². The van der Waals surface area contributed by atoms with Gasteiger partial charge in [-0.15, -0.1) is 0 Å². The van der Waals surface area contributed by atoms with E-state index in [2.05, 4.69) is 32.3 Å². The molecule has 5 rings (SSSR count). The van der Waals surface area contributed by atoms with Crippen LogP contribution in [0, 0.1) is 0 Å². The van der Waals surface area contributed by atoms with Gasteiger partial charge < -0.3 is 10.1 Å². The lowest BCUT2D eigenvalue weighted by molar-refractivity contribution is -0.0502. The minimum Gasteiger partial charge on any atom is -0.371 e. The van der Waals surface area contributed by atoms with Gasteiger partial charge in [0.25, 0.3) is 5.91 Å². The van der Waals surface area contributed by atoms with E-state index in [1.54, 1.807) is 16.8 Å². The number of carbonyl (C=O) groups excluding carboxylic acids is 1. The van der Waals surface area contributed by atoms with E-state index in [4.69, 9.17) is 4.74 Å². The molecule has 1 N–H and O–H groups in total. The average Bonchev–Trinajstić information content (AvgIpc) is 3.31. The number of ether oxygens (including phenoxy) is 1.